The number of nitrogens with one attached hydrogen (secondary N) is 1. The van der Waals surface area contributed by atoms with Crippen LogP contribution < -0.4 is 0 Å². The van der Waals surface area contributed by atoms with E-state index in [1.54, 1.807) is 24.3 Å². The van der Waals surface area contributed by atoms with Crippen LogP contribution in [0.3, 0.4) is 0 Å². The largest absolute Gasteiger partial charge is 0.457 e. The molecule has 0 bridgehead atoms. The lowest BCUT2D eigenvalue weighted by molar-refractivity contribution is 0.572. The number of aromatic amines is 1. The van der Waals surface area contributed by atoms with Crippen LogP contribution in [0.25, 0.3) is 34.0 Å². The van der Waals surface area contributed by atoms with Crippen molar-refractivity contribution in [3.05, 3.63) is 77.8 Å². The number of nitriles is 2. The fourth-order valence-electron chi connectivity index (χ4n) is 2.67. The van der Waals surface area contributed by atoms with Gasteiger partial charge in [0.25, 0.3) is 0 Å². The first-order valence-electron chi connectivity index (χ1n) is 7.94. The van der Waals surface area contributed by atoms with E-state index in [1.807, 2.05) is 42.5 Å². The summed E-state index contributed by atoms with van der Waals surface area (Å²) in [5.41, 5.74) is 3.53. The number of hydrogen-bond acceptors (Lipinski definition) is 4. The zero-order chi connectivity index (χ0) is 17.9. The van der Waals surface area contributed by atoms with Gasteiger partial charge in [-0.05, 0) is 48.5 Å². The van der Waals surface area contributed by atoms with Crippen molar-refractivity contribution in [3.8, 4) is 23.5 Å². The number of aromatic nitrogens is 2. The summed E-state index contributed by atoms with van der Waals surface area (Å²) in [4.78, 5) is 7.59. The monoisotopic (exact) mass is 336 g/mol. The van der Waals surface area contributed by atoms with E-state index in [0.29, 0.717) is 28.5 Å². The molecule has 4 aromatic rings. The zero-order valence-electron chi connectivity index (χ0n) is 13.6. The van der Waals surface area contributed by atoms with Gasteiger partial charge in [-0.3, -0.25) is 0 Å². The Morgan fingerprint density at radius 3 is 2.54 bits per heavy atom. The van der Waals surface area contributed by atoms with Gasteiger partial charge in [0.2, 0.25) is 0 Å². The predicted octanol–water partition coefficient (Wildman–Crippen LogP) is 4.76. The normalized spacial score (nSPS) is 11.2. The summed E-state index contributed by atoms with van der Waals surface area (Å²) in [6.45, 7) is 0. The molecule has 0 amide bonds. The third-order valence-corrected chi connectivity index (χ3v) is 3.98. The molecule has 0 saturated heterocycles. The highest BCUT2D eigenvalue weighted by molar-refractivity contribution is 5.89. The summed E-state index contributed by atoms with van der Waals surface area (Å²) in [7, 11) is 0. The summed E-state index contributed by atoms with van der Waals surface area (Å²) < 4.78 is 5.82. The Hall–Kier alpha value is -4.09. The molecule has 4 rings (SSSR count). The second-order valence-electron chi connectivity index (χ2n) is 5.66. The van der Waals surface area contributed by atoms with Crippen LogP contribution in [0.1, 0.15) is 17.1 Å². The topological polar surface area (TPSA) is 89.4 Å². The number of furan rings is 1. The SMILES string of the molecule is N#C/C(=C\c1ccc(-c2ccc(C#N)cc2)o1)c1nc2ccccc2[nH]1. The van der Waals surface area contributed by atoms with Crippen molar-refractivity contribution in [2.75, 3.05) is 0 Å². The maximum absolute atomic E-state index is 9.50. The molecule has 0 aliphatic heterocycles. The third-order valence-electron chi connectivity index (χ3n) is 3.98. The van der Waals surface area contributed by atoms with E-state index in [-0.39, 0.29) is 0 Å². The molecule has 0 radical (unpaired) electrons. The molecule has 0 saturated carbocycles. The van der Waals surface area contributed by atoms with Crippen molar-refractivity contribution in [3.63, 3.8) is 0 Å². The lowest BCUT2D eigenvalue weighted by Gasteiger charge is -1.96. The van der Waals surface area contributed by atoms with Gasteiger partial charge in [0.05, 0.1) is 28.2 Å². The number of fused-ring (bicyclic) bond motifs is 1. The first-order valence-corrected chi connectivity index (χ1v) is 7.94. The van der Waals surface area contributed by atoms with E-state index in [4.69, 9.17) is 9.68 Å². The van der Waals surface area contributed by atoms with Gasteiger partial charge < -0.3 is 9.40 Å². The quantitative estimate of drug-likeness (QED) is 0.546. The molecule has 0 fully saturated rings. The zero-order valence-corrected chi connectivity index (χ0v) is 13.6. The standard InChI is InChI=1S/C21H12N4O/c22-12-14-5-7-15(8-6-14)20-10-9-17(26-20)11-16(13-23)21-24-18-3-1-2-4-19(18)25-21/h1-11H,(H,24,25)/b16-11+. The van der Waals surface area contributed by atoms with Crippen LogP contribution in [0, 0.1) is 22.7 Å². The van der Waals surface area contributed by atoms with Crippen LogP contribution in [0.5, 0.6) is 0 Å². The number of hydrogen-bond donors (Lipinski definition) is 1. The first kappa shape index (κ1) is 15.4. The van der Waals surface area contributed by atoms with Crippen LogP contribution in [-0.2, 0) is 0 Å². The number of allylic oxidation sites excluding steroid dienone is 1. The Bertz CT molecular complexity index is 1160. The molecule has 1 N–H and O–H groups in total. The van der Waals surface area contributed by atoms with Gasteiger partial charge in [0.15, 0.2) is 0 Å². The van der Waals surface area contributed by atoms with Crippen LogP contribution in [0.15, 0.2) is 65.1 Å². The van der Waals surface area contributed by atoms with Gasteiger partial charge in [-0.15, -0.1) is 0 Å². The van der Waals surface area contributed by atoms with Crippen molar-refractivity contribution in [1.82, 2.24) is 9.97 Å². The Balaban J connectivity index is 1.67. The van der Waals surface area contributed by atoms with Crippen LogP contribution in [-0.4, -0.2) is 9.97 Å². The van der Waals surface area contributed by atoms with E-state index in [1.165, 1.54) is 0 Å². The average Bonchev–Trinajstić information content (AvgIpc) is 3.33. The second kappa shape index (κ2) is 6.43. The molecule has 0 unspecified atom stereocenters. The molecule has 0 atom stereocenters. The Morgan fingerprint density at radius 2 is 1.81 bits per heavy atom. The molecule has 2 aromatic carbocycles. The van der Waals surface area contributed by atoms with Gasteiger partial charge in [-0.1, -0.05) is 12.1 Å². The number of nitrogens with zero attached hydrogens (tertiary/aromatic N) is 3. The van der Waals surface area contributed by atoms with E-state index < -0.39 is 0 Å². The fourth-order valence-corrected chi connectivity index (χ4v) is 2.67. The lowest BCUT2D eigenvalue weighted by atomic mass is 10.1. The average molecular weight is 336 g/mol. The Labute approximate surface area is 149 Å². The van der Waals surface area contributed by atoms with Gasteiger partial charge in [-0.25, -0.2) is 4.98 Å². The van der Waals surface area contributed by atoms with Crippen molar-refractivity contribution in [1.29, 1.82) is 10.5 Å². The minimum Gasteiger partial charge on any atom is -0.457 e. The smallest absolute Gasteiger partial charge is 0.149 e. The van der Waals surface area contributed by atoms with Crippen molar-refractivity contribution < 1.29 is 4.42 Å². The summed E-state index contributed by atoms with van der Waals surface area (Å²) >= 11 is 0. The van der Waals surface area contributed by atoms with Crippen LogP contribution >= 0.6 is 0 Å². The highest BCUT2D eigenvalue weighted by Gasteiger charge is 2.10. The van der Waals surface area contributed by atoms with E-state index in [9.17, 15) is 5.26 Å². The molecule has 122 valence electrons. The number of rotatable bonds is 3. The van der Waals surface area contributed by atoms with Gasteiger partial charge >= 0.3 is 0 Å². The van der Waals surface area contributed by atoms with Crippen LogP contribution in [0.4, 0.5) is 0 Å². The first-order chi connectivity index (χ1) is 12.8. The number of benzene rings is 2. The maximum atomic E-state index is 9.50. The Morgan fingerprint density at radius 1 is 1.00 bits per heavy atom. The molecule has 2 heterocycles. The lowest BCUT2D eigenvalue weighted by Crippen LogP contribution is -1.84. The summed E-state index contributed by atoms with van der Waals surface area (Å²) in [6.07, 6.45) is 1.66. The van der Waals surface area contributed by atoms with E-state index in [2.05, 4.69) is 22.1 Å². The number of imidazole rings is 1. The number of H-pyrrole nitrogens is 1. The molecule has 5 heteroatoms. The minimum absolute atomic E-state index is 0.391. The highest BCUT2D eigenvalue weighted by Crippen LogP contribution is 2.25. The van der Waals surface area contributed by atoms with Crippen molar-refractivity contribution in [2.45, 2.75) is 0 Å². The highest BCUT2D eigenvalue weighted by atomic mass is 16.3. The third kappa shape index (κ3) is 2.86. The maximum Gasteiger partial charge on any atom is 0.149 e. The molecular weight excluding hydrogens is 324 g/mol. The van der Waals surface area contributed by atoms with Crippen molar-refractivity contribution in [2.24, 2.45) is 0 Å². The van der Waals surface area contributed by atoms with Crippen molar-refractivity contribution >= 4 is 22.7 Å². The second-order valence-corrected chi connectivity index (χ2v) is 5.66. The fraction of sp³-hybridized carbons (Fsp3) is 0. The Kier molecular flexibility index (Phi) is 3.82. The summed E-state index contributed by atoms with van der Waals surface area (Å²) in [6, 6.07) is 22.6. The van der Waals surface area contributed by atoms with Gasteiger partial charge in [0.1, 0.15) is 23.4 Å². The molecule has 0 aliphatic rings. The summed E-state index contributed by atoms with van der Waals surface area (Å²) in [5, 5.41) is 18.4. The van der Waals surface area contributed by atoms with Crippen LogP contribution in [0.2, 0.25) is 0 Å². The van der Waals surface area contributed by atoms with E-state index in [0.717, 1.165) is 16.6 Å². The summed E-state index contributed by atoms with van der Waals surface area (Å²) in [5.74, 6) is 1.73. The molecular formula is C21H12N4O. The molecule has 5 nitrogen and oxygen atoms in total. The predicted molar refractivity (Wildman–Crippen MR) is 98.4 cm³/mol. The molecule has 0 aliphatic carbocycles. The molecule has 2 aromatic heterocycles. The molecule has 0 spiro atoms. The van der Waals surface area contributed by atoms with E-state index >= 15 is 0 Å². The number of para-hydroxylation sites is 2. The molecule has 26 heavy (non-hydrogen) atoms. The van der Waals surface area contributed by atoms with Gasteiger partial charge in [-0.2, -0.15) is 10.5 Å². The van der Waals surface area contributed by atoms with Gasteiger partial charge in [0, 0.05) is 11.6 Å². The minimum atomic E-state index is 0.391.